The first-order valence-electron chi connectivity index (χ1n) is 5.88. The molecule has 0 amide bonds. The van der Waals surface area contributed by atoms with E-state index in [1.807, 2.05) is 31.1 Å². The first-order chi connectivity index (χ1) is 9.09. The third-order valence-corrected chi connectivity index (χ3v) is 3.00. The van der Waals surface area contributed by atoms with Crippen LogP contribution in [0.4, 0.5) is 15.9 Å². The van der Waals surface area contributed by atoms with Crippen LogP contribution in [0.3, 0.4) is 0 Å². The molecule has 0 atom stereocenters. The fourth-order valence-electron chi connectivity index (χ4n) is 1.77. The van der Waals surface area contributed by atoms with E-state index in [0.717, 1.165) is 11.5 Å². The highest BCUT2D eigenvalue weighted by atomic mass is 35.5. The van der Waals surface area contributed by atoms with Crippen LogP contribution in [0.25, 0.3) is 0 Å². The van der Waals surface area contributed by atoms with E-state index in [0.29, 0.717) is 12.1 Å². The van der Waals surface area contributed by atoms with Gasteiger partial charge in [0, 0.05) is 32.4 Å². The van der Waals surface area contributed by atoms with Gasteiger partial charge in [-0.25, -0.2) is 9.37 Å². The molecule has 1 aromatic heterocycles. The minimum Gasteiger partial charge on any atom is -0.378 e. The molecule has 0 saturated heterocycles. The molecule has 2 aromatic rings. The number of anilines is 2. The molecule has 1 aromatic carbocycles. The van der Waals surface area contributed by atoms with Gasteiger partial charge in [0.2, 0.25) is 0 Å². The molecule has 0 aliphatic carbocycles. The van der Waals surface area contributed by atoms with E-state index < -0.39 is 0 Å². The normalized spacial score (nSPS) is 10.3. The maximum atomic E-state index is 13.8. The van der Waals surface area contributed by atoms with Gasteiger partial charge in [0.1, 0.15) is 5.82 Å². The van der Waals surface area contributed by atoms with E-state index >= 15 is 0 Å². The summed E-state index contributed by atoms with van der Waals surface area (Å²) in [5, 5.41) is 3.31. The molecule has 0 spiro atoms. The van der Waals surface area contributed by atoms with Crippen LogP contribution in [-0.2, 0) is 6.54 Å². The summed E-state index contributed by atoms with van der Waals surface area (Å²) in [7, 11) is 3.82. The fourth-order valence-corrected chi connectivity index (χ4v) is 1.96. The molecule has 1 N–H and O–H groups in total. The predicted octanol–water partition coefficient (Wildman–Crippen LogP) is 3.55. The van der Waals surface area contributed by atoms with Gasteiger partial charge in [-0.3, -0.25) is 0 Å². The van der Waals surface area contributed by atoms with Gasteiger partial charge >= 0.3 is 0 Å². The average Bonchev–Trinajstić information content (AvgIpc) is 2.40. The maximum Gasteiger partial charge on any atom is 0.151 e. The van der Waals surface area contributed by atoms with Crippen LogP contribution in [0.5, 0.6) is 0 Å². The monoisotopic (exact) mass is 279 g/mol. The quantitative estimate of drug-likeness (QED) is 0.928. The SMILES string of the molecule is CN(C)c1ncccc1NCc1cccc(Cl)c1F. The largest absolute Gasteiger partial charge is 0.378 e. The minimum atomic E-state index is -0.382. The van der Waals surface area contributed by atoms with Crippen LogP contribution < -0.4 is 10.2 Å². The van der Waals surface area contributed by atoms with E-state index in [2.05, 4.69) is 10.3 Å². The summed E-state index contributed by atoms with van der Waals surface area (Å²) in [6, 6.07) is 8.72. The second kappa shape index (κ2) is 5.89. The van der Waals surface area contributed by atoms with Crippen molar-refractivity contribution in [2.24, 2.45) is 0 Å². The molecule has 0 unspecified atom stereocenters. The van der Waals surface area contributed by atoms with Crippen molar-refractivity contribution in [1.82, 2.24) is 4.98 Å². The van der Waals surface area contributed by atoms with E-state index in [9.17, 15) is 4.39 Å². The van der Waals surface area contributed by atoms with Crippen molar-refractivity contribution in [1.29, 1.82) is 0 Å². The zero-order valence-corrected chi connectivity index (χ0v) is 11.6. The van der Waals surface area contributed by atoms with Gasteiger partial charge in [0.25, 0.3) is 0 Å². The van der Waals surface area contributed by atoms with Crippen molar-refractivity contribution in [2.45, 2.75) is 6.54 Å². The Balaban J connectivity index is 2.17. The molecule has 0 bridgehead atoms. The van der Waals surface area contributed by atoms with Gasteiger partial charge in [-0.15, -0.1) is 0 Å². The maximum absolute atomic E-state index is 13.8. The number of benzene rings is 1. The van der Waals surface area contributed by atoms with E-state index in [1.165, 1.54) is 6.07 Å². The lowest BCUT2D eigenvalue weighted by Crippen LogP contribution is -2.14. The number of rotatable bonds is 4. The van der Waals surface area contributed by atoms with Crippen molar-refractivity contribution >= 4 is 23.1 Å². The average molecular weight is 280 g/mol. The molecular weight excluding hydrogens is 265 g/mol. The van der Waals surface area contributed by atoms with Crippen LogP contribution >= 0.6 is 11.6 Å². The Morgan fingerprint density at radius 2 is 2.05 bits per heavy atom. The van der Waals surface area contributed by atoms with Crippen molar-refractivity contribution in [3.63, 3.8) is 0 Å². The van der Waals surface area contributed by atoms with E-state index in [-0.39, 0.29) is 10.8 Å². The van der Waals surface area contributed by atoms with Crippen LogP contribution in [0.15, 0.2) is 36.5 Å². The van der Waals surface area contributed by atoms with Crippen molar-refractivity contribution in [3.05, 3.63) is 52.9 Å². The van der Waals surface area contributed by atoms with Crippen LogP contribution in [0.1, 0.15) is 5.56 Å². The minimum absolute atomic E-state index is 0.137. The molecule has 0 radical (unpaired) electrons. The Morgan fingerprint density at radius 3 is 2.79 bits per heavy atom. The topological polar surface area (TPSA) is 28.2 Å². The highest BCUT2D eigenvalue weighted by molar-refractivity contribution is 6.30. The third kappa shape index (κ3) is 3.15. The lowest BCUT2D eigenvalue weighted by atomic mass is 10.2. The number of hydrogen-bond donors (Lipinski definition) is 1. The summed E-state index contributed by atoms with van der Waals surface area (Å²) >= 11 is 5.75. The molecule has 0 aliphatic rings. The highest BCUT2D eigenvalue weighted by Crippen LogP contribution is 2.23. The Hall–Kier alpha value is -1.81. The molecule has 0 aliphatic heterocycles. The molecule has 0 saturated carbocycles. The van der Waals surface area contributed by atoms with Gasteiger partial charge in [0.05, 0.1) is 10.7 Å². The van der Waals surface area contributed by atoms with Gasteiger partial charge in [-0.1, -0.05) is 23.7 Å². The molecule has 5 heteroatoms. The van der Waals surface area contributed by atoms with Crippen LogP contribution in [0, 0.1) is 5.82 Å². The summed E-state index contributed by atoms with van der Waals surface area (Å²) in [6.07, 6.45) is 1.72. The molecule has 100 valence electrons. The summed E-state index contributed by atoms with van der Waals surface area (Å²) < 4.78 is 13.8. The van der Waals surface area contributed by atoms with Crippen LogP contribution in [0.2, 0.25) is 5.02 Å². The first-order valence-corrected chi connectivity index (χ1v) is 6.26. The molecule has 3 nitrogen and oxygen atoms in total. The second-order valence-electron chi connectivity index (χ2n) is 4.34. The fraction of sp³-hybridized carbons (Fsp3) is 0.214. The number of pyridine rings is 1. The zero-order chi connectivity index (χ0) is 13.8. The molecule has 19 heavy (non-hydrogen) atoms. The van der Waals surface area contributed by atoms with Crippen molar-refractivity contribution in [3.8, 4) is 0 Å². The summed E-state index contributed by atoms with van der Waals surface area (Å²) in [4.78, 5) is 6.17. The molecule has 2 rings (SSSR count). The zero-order valence-electron chi connectivity index (χ0n) is 10.8. The second-order valence-corrected chi connectivity index (χ2v) is 4.74. The summed E-state index contributed by atoms with van der Waals surface area (Å²) in [5.74, 6) is 0.428. The van der Waals surface area contributed by atoms with Crippen molar-refractivity contribution in [2.75, 3.05) is 24.3 Å². The number of nitrogens with one attached hydrogen (secondary N) is 1. The highest BCUT2D eigenvalue weighted by Gasteiger charge is 2.08. The van der Waals surface area contributed by atoms with Crippen molar-refractivity contribution < 1.29 is 4.39 Å². The molecular formula is C14H15ClFN3. The first kappa shape index (κ1) is 13.6. The van der Waals surface area contributed by atoms with Gasteiger partial charge in [0.15, 0.2) is 5.82 Å². The summed E-state index contributed by atoms with van der Waals surface area (Å²) in [5.41, 5.74) is 1.38. The number of halogens is 2. The number of nitrogens with zero attached hydrogens (tertiary/aromatic N) is 2. The Labute approximate surface area is 117 Å². The Morgan fingerprint density at radius 1 is 1.26 bits per heavy atom. The Kier molecular flexibility index (Phi) is 4.22. The molecule has 0 fully saturated rings. The van der Waals surface area contributed by atoms with Gasteiger partial charge in [-0.05, 0) is 18.2 Å². The number of aromatic nitrogens is 1. The van der Waals surface area contributed by atoms with Gasteiger partial charge < -0.3 is 10.2 Å². The van der Waals surface area contributed by atoms with Crippen LogP contribution in [-0.4, -0.2) is 19.1 Å². The lowest BCUT2D eigenvalue weighted by molar-refractivity contribution is 0.613. The smallest absolute Gasteiger partial charge is 0.151 e. The number of hydrogen-bond acceptors (Lipinski definition) is 3. The Bertz CT molecular complexity index is 572. The summed E-state index contributed by atoms with van der Waals surface area (Å²) in [6.45, 7) is 0.360. The predicted molar refractivity (Wildman–Crippen MR) is 77.3 cm³/mol. The van der Waals surface area contributed by atoms with Gasteiger partial charge in [-0.2, -0.15) is 0 Å². The standard InChI is InChI=1S/C14H15ClFN3/c1-19(2)14-12(7-4-8-17-14)18-9-10-5-3-6-11(15)13(10)16/h3-8,18H,9H2,1-2H3. The third-order valence-electron chi connectivity index (χ3n) is 2.71. The van der Waals surface area contributed by atoms with E-state index in [4.69, 9.17) is 11.6 Å². The lowest BCUT2D eigenvalue weighted by Gasteiger charge is -2.17. The van der Waals surface area contributed by atoms with E-state index in [1.54, 1.807) is 18.3 Å². The molecule has 1 heterocycles.